The molecule has 0 aliphatic carbocycles. The lowest BCUT2D eigenvalue weighted by Gasteiger charge is -2.33. The van der Waals surface area contributed by atoms with Crippen molar-refractivity contribution in [3.63, 3.8) is 0 Å². The van der Waals surface area contributed by atoms with Crippen molar-refractivity contribution in [1.29, 1.82) is 0 Å². The fraction of sp³-hybridized carbons (Fsp3) is 0.440. The molecule has 168 valence electrons. The summed E-state index contributed by atoms with van der Waals surface area (Å²) >= 11 is 0. The minimum Gasteiger partial charge on any atom is -0.493 e. The van der Waals surface area contributed by atoms with Crippen molar-refractivity contribution in [1.82, 2.24) is 14.9 Å². The predicted molar refractivity (Wildman–Crippen MR) is 122 cm³/mol. The minimum absolute atomic E-state index is 0.622. The average molecular weight is 435 g/mol. The van der Waals surface area contributed by atoms with Gasteiger partial charge >= 0.3 is 0 Å². The standard InChI is InChI=1S/C25H30N4O3/c1-18-9-13-29(14-10-18)25-26-21-11-12-28(16-19-6-5-15-31-19)17-20(21)24(27-25)32-23-8-4-3-7-22(23)30-2/h3-8,15,18H,9-14,16-17H2,1-2H3. The van der Waals surface area contributed by atoms with Crippen LogP contribution in [0.1, 0.15) is 36.8 Å². The van der Waals surface area contributed by atoms with Gasteiger partial charge in [-0.25, -0.2) is 4.98 Å². The Balaban J connectivity index is 1.47. The molecule has 7 heteroatoms. The molecule has 0 unspecified atom stereocenters. The fourth-order valence-electron chi connectivity index (χ4n) is 4.43. The Morgan fingerprint density at radius 3 is 2.59 bits per heavy atom. The molecular formula is C25H30N4O3. The van der Waals surface area contributed by atoms with Gasteiger partial charge in [-0.1, -0.05) is 19.1 Å². The van der Waals surface area contributed by atoms with E-state index in [2.05, 4.69) is 16.7 Å². The highest BCUT2D eigenvalue weighted by Gasteiger charge is 2.27. The first-order valence-corrected chi connectivity index (χ1v) is 11.4. The van der Waals surface area contributed by atoms with Crippen molar-refractivity contribution >= 4 is 5.95 Å². The van der Waals surface area contributed by atoms with E-state index < -0.39 is 0 Å². The molecule has 1 fully saturated rings. The third kappa shape index (κ3) is 4.43. The number of piperidine rings is 1. The van der Waals surface area contributed by atoms with E-state index in [1.807, 2.05) is 36.4 Å². The van der Waals surface area contributed by atoms with Gasteiger partial charge in [-0.05, 0) is 43.0 Å². The molecular weight excluding hydrogens is 404 g/mol. The first-order chi connectivity index (χ1) is 15.7. The SMILES string of the molecule is COc1ccccc1Oc1nc(N2CCC(C)CC2)nc2c1CN(Cc1ccco1)CC2. The van der Waals surface area contributed by atoms with Gasteiger partial charge in [-0.2, -0.15) is 4.98 Å². The van der Waals surface area contributed by atoms with E-state index in [-0.39, 0.29) is 0 Å². The van der Waals surface area contributed by atoms with Crippen LogP contribution in [0.4, 0.5) is 5.95 Å². The molecule has 0 saturated carbocycles. The Hall–Kier alpha value is -3.06. The third-order valence-corrected chi connectivity index (χ3v) is 6.39. The van der Waals surface area contributed by atoms with Crippen LogP contribution in [0.25, 0.3) is 0 Å². The van der Waals surface area contributed by atoms with Crippen LogP contribution in [-0.2, 0) is 19.5 Å². The van der Waals surface area contributed by atoms with Crippen molar-refractivity contribution in [2.45, 2.75) is 39.3 Å². The molecule has 1 saturated heterocycles. The Kier molecular flexibility index (Phi) is 5.99. The molecule has 0 spiro atoms. The zero-order valence-corrected chi connectivity index (χ0v) is 18.8. The summed E-state index contributed by atoms with van der Waals surface area (Å²) in [7, 11) is 1.66. The molecule has 3 aromatic rings. The van der Waals surface area contributed by atoms with Crippen LogP contribution in [0.3, 0.4) is 0 Å². The van der Waals surface area contributed by atoms with Crippen molar-refractivity contribution in [3.05, 3.63) is 59.7 Å². The number of furan rings is 1. The van der Waals surface area contributed by atoms with E-state index >= 15 is 0 Å². The number of hydrogen-bond acceptors (Lipinski definition) is 7. The van der Waals surface area contributed by atoms with E-state index in [1.54, 1.807) is 13.4 Å². The van der Waals surface area contributed by atoms with Gasteiger partial charge in [0.2, 0.25) is 11.8 Å². The summed E-state index contributed by atoms with van der Waals surface area (Å²) in [6.07, 6.45) is 4.91. The van der Waals surface area contributed by atoms with E-state index in [1.165, 1.54) is 12.8 Å². The van der Waals surface area contributed by atoms with Gasteiger partial charge < -0.3 is 18.8 Å². The number of benzene rings is 1. The Morgan fingerprint density at radius 2 is 1.84 bits per heavy atom. The lowest BCUT2D eigenvalue weighted by molar-refractivity contribution is 0.219. The van der Waals surface area contributed by atoms with E-state index in [9.17, 15) is 0 Å². The molecule has 2 aliphatic heterocycles. The molecule has 0 bridgehead atoms. The molecule has 4 heterocycles. The van der Waals surface area contributed by atoms with Gasteiger partial charge in [-0.3, -0.25) is 4.90 Å². The number of methoxy groups -OCH3 is 1. The topological polar surface area (TPSA) is 63.9 Å². The first kappa shape index (κ1) is 20.8. The number of rotatable bonds is 6. The second-order valence-corrected chi connectivity index (χ2v) is 8.72. The molecule has 32 heavy (non-hydrogen) atoms. The fourth-order valence-corrected chi connectivity index (χ4v) is 4.43. The zero-order valence-electron chi connectivity index (χ0n) is 18.8. The Morgan fingerprint density at radius 1 is 1.03 bits per heavy atom. The van der Waals surface area contributed by atoms with Crippen molar-refractivity contribution < 1.29 is 13.9 Å². The molecule has 7 nitrogen and oxygen atoms in total. The molecule has 0 N–H and O–H groups in total. The lowest BCUT2D eigenvalue weighted by atomic mass is 9.99. The highest BCUT2D eigenvalue weighted by Crippen LogP contribution is 2.36. The number of fused-ring (bicyclic) bond motifs is 1. The molecule has 1 aromatic carbocycles. The molecule has 5 rings (SSSR count). The molecule has 0 radical (unpaired) electrons. The lowest BCUT2D eigenvalue weighted by Crippen LogP contribution is -2.36. The summed E-state index contributed by atoms with van der Waals surface area (Å²) in [4.78, 5) is 14.6. The number of ether oxygens (including phenoxy) is 2. The second-order valence-electron chi connectivity index (χ2n) is 8.72. The maximum Gasteiger partial charge on any atom is 0.229 e. The second kappa shape index (κ2) is 9.20. The minimum atomic E-state index is 0.622. The highest BCUT2D eigenvalue weighted by atomic mass is 16.5. The number of hydrogen-bond donors (Lipinski definition) is 0. The normalized spacial score (nSPS) is 17.2. The summed E-state index contributed by atoms with van der Waals surface area (Å²) in [5.41, 5.74) is 2.12. The van der Waals surface area contributed by atoms with Crippen LogP contribution in [0.5, 0.6) is 17.4 Å². The van der Waals surface area contributed by atoms with Crippen LogP contribution >= 0.6 is 0 Å². The summed E-state index contributed by atoms with van der Waals surface area (Å²) in [5, 5.41) is 0. The first-order valence-electron chi connectivity index (χ1n) is 11.4. The average Bonchev–Trinajstić information content (AvgIpc) is 3.33. The molecule has 0 amide bonds. The van der Waals surface area contributed by atoms with Crippen LogP contribution < -0.4 is 14.4 Å². The van der Waals surface area contributed by atoms with Crippen molar-refractivity contribution in [2.24, 2.45) is 5.92 Å². The number of para-hydroxylation sites is 2. The van der Waals surface area contributed by atoms with E-state index in [0.29, 0.717) is 17.4 Å². The molecule has 2 aliphatic rings. The van der Waals surface area contributed by atoms with Crippen molar-refractivity contribution in [3.8, 4) is 17.4 Å². The van der Waals surface area contributed by atoms with Crippen LogP contribution in [0, 0.1) is 5.92 Å². The van der Waals surface area contributed by atoms with Crippen LogP contribution in [-0.4, -0.2) is 41.6 Å². The zero-order chi connectivity index (χ0) is 21.9. The van der Waals surface area contributed by atoms with Crippen LogP contribution in [0.15, 0.2) is 47.1 Å². The quantitative estimate of drug-likeness (QED) is 0.559. The van der Waals surface area contributed by atoms with Gasteiger partial charge in [-0.15, -0.1) is 0 Å². The summed E-state index contributed by atoms with van der Waals surface area (Å²) in [5.74, 6) is 4.47. The maximum atomic E-state index is 6.38. The monoisotopic (exact) mass is 434 g/mol. The van der Waals surface area contributed by atoms with Gasteiger partial charge in [0.15, 0.2) is 11.5 Å². The number of aromatic nitrogens is 2. The number of nitrogens with zero attached hydrogens (tertiary/aromatic N) is 4. The van der Waals surface area contributed by atoms with Crippen molar-refractivity contribution in [2.75, 3.05) is 31.6 Å². The smallest absolute Gasteiger partial charge is 0.229 e. The summed E-state index contributed by atoms with van der Waals surface area (Å²) in [6, 6.07) is 11.6. The number of anilines is 1. The van der Waals surface area contributed by atoms with Crippen LogP contribution in [0.2, 0.25) is 0 Å². The highest BCUT2D eigenvalue weighted by molar-refractivity contribution is 5.47. The van der Waals surface area contributed by atoms with E-state index in [4.69, 9.17) is 23.9 Å². The summed E-state index contributed by atoms with van der Waals surface area (Å²) < 4.78 is 17.5. The van der Waals surface area contributed by atoms with Gasteiger partial charge in [0.05, 0.1) is 31.2 Å². The largest absolute Gasteiger partial charge is 0.493 e. The van der Waals surface area contributed by atoms with Gasteiger partial charge in [0.25, 0.3) is 0 Å². The summed E-state index contributed by atoms with van der Waals surface area (Å²) in [6.45, 7) is 6.69. The Labute approximate surface area is 189 Å². The van der Waals surface area contributed by atoms with Gasteiger partial charge in [0.1, 0.15) is 5.76 Å². The van der Waals surface area contributed by atoms with E-state index in [0.717, 1.165) is 68.0 Å². The predicted octanol–water partition coefficient (Wildman–Crippen LogP) is 4.67. The molecule has 2 aromatic heterocycles. The molecule has 0 atom stereocenters. The van der Waals surface area contributed by atoms with Gasteiger partial charge in [0, 0.05) is 32.6 Å². The Bertz CT molecular complexity index is 1050. The third-order valence-electron chi connectivity index (χ3n) is 6.39. The maximum absolute atomic E-state index is 6.38.